The van der Waals surface area contributed by atoms with Gasteiger partial charge in [0.2, 0.25) is 0 Å². The molecule has 0 radical (unpaired) electrons. The zero-order chi connectivity index (χ0) is 16.8. The second kappa shape index (κ2) is 6.22. The summed E-state index contributed by atoms with van der Waals surface area (Å²) in [5, 5.41) is 2.66. The Hall–Kier alpha value is -1.28. The maximum atomic E-state index is 15.2. The van der Waals surface area contributed by atoms with Crippen LogP contribution in [0.3, 0.4) is 0 Å². The molecular formula is C20H10F2I2. The Morgan fingerprint density at radius 1 is 0.583 bits per heavy atom. The Balaban J connectivity index is 2.14. The van der Waals surface area contributed by atoms with Crippen LogP contribution in [0.25, 0.3) is 32.7 Å². The predicted molar refractivity (Wildman–Crippen MR) is 112 cm³/mol. The van der Waals surface area contributed by atoms with Crippen LogP contribution in [-0.4, -0.2) is 0 Å². The molecule has 0 atom stereocenters. The first-order valence-corrected chi connectivity index (χ1v) is 9.47. The summed E-state index contributed by atoms with van der Waals surface area (Å²) >= 11 is 4.17. The van der Waals surface area contributed by atoms with Gasteiger partial charge in [0.1, 0.15) is 11.6 Å². The first-order valence-electron chi connectivity index (χ1n) is 7.32. The minimum atomic E-state index is -0.371. The summed E-state index contributed by atoms with van der Waals surface area (Å²) in [6.07, 6.45) is 0. The van der Waals surface area contributed by atoms with E-state index in [0.717, 1.165) is 10.8 Å². The highest BCUT2D eigenvalue weighted by molar-refractivity contribution is 14.1. The molecule has 0 saturated carbocycles. The normalized spacial score (nSPS) is 11.3. The van der Waals surface area contributed by atoms with Crippen molar-refractivity contribution in [2.24, 2.45) is 0 Å². The number of fused-ring (bicyclic) bond motifs is 2. The van der Waals surface area contributed by atoms with Crippen molar-refractivity contribution >= 4 is 66.7 Å². The van der Waals surface area contributed by atoms with Crippen molar-refractivity contribution in [2.45, 2.75) is 0 Å². The third kappa shape index (κ3) is 2.50. The fourth-order valence-corrected chi connectivity index (χ4v) is 4.68. The van der Waals surface area contributed by atoms with Gasteiger partial charge in [0.15, 0.2) is 0 Å². The Labute approximate surface area is 165 Å². The summed E-state index contributed by atoms with van der Waals surface area (Å²) in [6.45, 7) is 0. The quantitative estimate of drug-likeness (QED) is 0.225. The molecule has 24 heavy (non-hydrogen) atoms. The van der Waals surface area contributed by atoms with Gasteiger partial charge in [-0.2, -0.15) is 0 Å². The molecule has 0 N–H and O–H groups in total. The van der Waals surface area contributed by atoms with Gasteiger partial charge in [-0.05, 0) is 68.1 Å². The van der Waals surface area contributed by atoms with E-state index in [1.807, 2.05) is 36.4 Å². The van der Waals surface area contributed by atoms with Gasteiger partial charge in [0, 0.05) is 29.0 Å². The molecule has 0 aliphatic carbocycles. The lowest BCUT2D eigenvalue weighted by molar-refractivity contribution is 0.627. The van der Waals surface area contributed by atoms with Crippen LogP contribution in [-0.2, 0) is 0 Å². The summed E-state index contributed by atoms with van der Waals surface area (Å²) in [7, 11) is 0. The number of hydrogen-bond donors (Lipinski definition) is 0. The summed E-state index contributed by atoms with van der Waals surface area (Å²) in [4.78, 5) is 0. The van der Waals surface area contributed by atoms with Gasteiger partial charge < -0.3 is 0 Å². The molecule has 118 valence electrons. The molecular weight excluding hydrogens is 532 g/mol. The zero-order valence-corrected chi connectivity index (χ0v) is 16.6. The molecule has 4 aromatic carbocycles. The molecule has 0 aromatic heterocycles. The highest BCUT2D eigenvalue weighted by Gasteiger charge is 2.21. The van der Waals surface area contributed by atoms with Crippen molar-refractivity contribution in [2.75, 3.05) is 0 Å². The Kier molecular flexibility index (Phi) is 4.20. The SMILES string of the molecule is Fc1c(-c2c(I)cc3ccccc3c2F)c(I)cc2ccccc12. The first-order chi connectivity index (χ1) is 11.6. The molecule has 4 aromatic rings. The van der Waals surface area contributed by atoms with Gasteiger partial charge in [-0.15, -0.1) is 0 Å². The van der Waals surface area contributed by atoms with E-state index in [1.54, 1.807) is 24.3 Å². The monoisotopic (exact) mass is 542 g/mol. The van der Waals surface area contributed by atoms with Crippen molar-refractivity contribution in [3.05, 3.63) is 79.4 Å². The van der Waals surface area contributed by atoms with Gasteiger partial charge in [0.25, 0.3) is 0 Å². The third-order valence-electron chi connectivity index (χ3n) is 4.13. The summed E-state index contributed by atoms with van der Waals surface area (Å²) in [5.74, 6) is -0.741. The average molecular weight is 542 g/mol. The van der Waals surface area contributed by atoms with Gasteiger partial charge in [-0.1, -0.05) is 48.5 Å². The average Bonchev–Trinajstić information content (AvgIpc) is 2.57. The first kappa shape index (κ1) is 16.2. The molecule has 4 rings (SSSR count). The topological polar surface area (TPSA) is 0 Å². The standard InChI is InChI=1S/C20H10F2I2/c21-19-13-7-3-1-5-11(13)9-15(23)17(19)18-16(24)10-12-6-2-4-8-14(12)20(18)22/h1-10H. The van der Waals surface area contributed by atoms with Crippen LogP contribution in [0.5, 0.6) is 0 Å². The predicted octanol–water partition coefficient (Wildman–Crippen LogP) is 7.15. The summed E-state index contributed by atoms with van der Waals surface area (Å²) < 4.78 is 31.8. The van der Waals surface area contributed by atoms with Crippen LogP contribution in [0.1, 0.15) is 0 Å². The van der Waals surface area contributed by atoms with Crippen LogP contribution in [0.4, 0.5) is 8.78 Å². The van der Waals surface area contributed by atoms with Crippen LogP contribution in [0.15, 0.2) is 60.7 Å². The Morgan fingerprint density at radius 3 is 1.38 bits per heavy atom. The fraction of sp³-hybridized carbons (Fsp3) is 0. The maximum absolute atomic E-state index is 15.2. The van der Waals surface area contributed by atoms with E-state index >= 15 is 8.78 Å². The fourth-order valence-electron chi connectivity index (χ4n) is 3.00. The van der Waals surface area contributed by atoms with E-state index in [-0.39, 0.29) is 11.6 Å². The van der Waals surface area contributed by atoms with Gasteiger partial charge in [-0.3, -0.25) is 0 Å². The van der Waals surface area contributed by atoms with Crippen molar-refractivity contribution in [3.8, 4) is 11.1 Å². The smallest absolute Gasteiger partial charge is 0.140 e. The lowest BCUT2D eigenvalue weighted by atomic mass is 9.97. The maximum Gasteiger partial charge on any atom is 0.140 e. The minimum Gasteiger partial charge on any atom is -0.206 e. The lowest BCUT2D eigenvalue weighted by Gasteiger charge is -2.14. The van der Waals surface area contributed by atoms with Crippen molar-refractivity contribution < 1.29 is 8.78 Å². The van der Waals surface area contributed by atoms with Gasteiger partial charge in [0.05, 0.1) is 0 Å². The third-order valence-corrected chi connectivity index (χ3v) is 5.83. The van der Waals surface area contributed by atoms with Gasteiger partial charge in [-0.25, -0.2) is 8.78 Å². The number of hydrogen-bond acceptors (Lipinski definition) is 0. The molecule has 0 unspecified atom stereocenters. The summed E-state index contributed by atoms with van der Waals surface area (Å²) in [5.41, 5.74) is 0.670. The molecule has 4 heteroatoms. The van der Waals surface area contributed by atoms with Crippen LogP contribution in [0.2, 0.25) is 0 Å². The number of halogens is 4. The molecule has 0 saturated heterocycles. The van der Waals surface area contributed by atoms with Crippen molar-refractivity contribution in [3.63, 3.8) is 0 Å². The summed E-state index contributed by atoms with van der Waals surface area (Å²) in [6, 6.07) is 18.3. The van der Waals surface area contributed by atoms with E-state index in [9.17, 15) is 0 Å². The second-order valence-corrected chi connectivity index (χ2v) is 7.86. The molecule has 0 aliphatic heterocycles. The zero-order valence-electron chi connectivity index (χ0n) is 12.3. The number of benzene rings is 4. The Morgan fingerprint density at radius 2 is 0.958 bits per heavy atom. The largest absolute Gasteiger partial charge is 0.206 e. The lowest BCUT2D eigenvalue weighted by Crippen LogP contribution is -1.98. The van der Waals surface area contributed by atoms with Crippen molar-refractivity contribution in [1.29, 1.82) is 0 Å². The minimum absolute atomic E-state index is 0.335. The van der Waals surface area contributed by atoms with E-state index in [1.165, 1.54) is 0 Å². The molecule has 0 nitrogen and oxygen atoms in total. The van der Waals surface area contributed by atoms with Gasteiger partial charge >= 0.3 is 0 Å². The van der Waals surface area contributed by atoms with E-state index < -0.39 is 0 Å². The van der Waals surface area contributed by atoms with E-state index in [4.69, 9.17) is 0 Å². The molecule has 0 spiro atoms. The van der Waals surface area contributed by atoms with E-state index in [0.29, 0.717) is 29.0 Å². The van der Waals surface area contributed by atoms with Crippen LogP contribution < -0.4 is 0 Å². The molecule has 0 aliphatic rings. The molecule has 0 fully saturated rings. The Bertz CT molecular complexity index is 1010. The number of rotatable bonds is 1. The second-order valence-electron chi connectivity index (χ2n) is 5.54. The van der Waals surface area contributed by atoms with E-state index in [2.05, 4.69) is 45.2 Å². The molecule has 0 bridgehead atoms. The molecule has 0 heterocycles. The van der Waals surface area contributed by atoms with Crippen LogP contribution in [0, 0.1) is 18.8 Å². The highest BCUT2D eigenvalue weighted by Crippen LogP contribution is 2.39. The van der Waals surface area contributed by atoms with Crippen LogP contribution >= 0.6 is 45.2 Å². The van der Waals surface area contributed by atoms with Crippen molar-refractivity contribution in [1.82, 2.24) is 0 Å². The molecule has 0 amide bonds. The highest BCUT2D eigenvalue weighted by atomic mass is 127.